The van der Waals surface area contributed by atoms with Gasteiger partial charge in [0.25, 0.3) is 0 Å². The molecule has 7 nitrogen and oxygen atoms in total. The molecule has 0 spiro atoms. The van der Waals surface area contributed by atoms with Crippen LogP contribution in [0, 0.1) is 0 Å². The third kappa shape index (κ3) is 3.44. The van der Waals surface area contributed by atoms with E-state index < -0.39 is 9.84 Å². The number of thiophene rings is 1. The molecule has 3 aromatic heterocycles. The van der Waals surface area contributed by atoms with Crippen molar-refractivity contribution in [2.24, 2.45) is 0 Å². The molecule has 0 saturated carbocycles. The Morgan fingerprint density at radius 1 is 1.06 bits per heavy atom. The molecule has 2 aromatic carbocycles. The molecule has 0 saturated heterocycles. The predicted molar refractivity (Wildman–Crippen MR) is 122 cm³/mol. The fraction of sp³-hybridized carbons (Fsp3) is 0.0952. The summed E-state index contributed by atoms with van der Waals surface area (Å²) in [6, 6.07) is 17.8. The zero-order valence-corrected chi connectivity index (χ0v) is 18.6. The summed E-state index contributed by atoms with van der Waals surface area (Å²) in [5.41, 5.74) is 2.00. The number of sulfone groups is 1. The van der Waals surface area contributed by atoms with E-state index in [1.807, 2.05) is 48.7 Å². The van der Waals surface area contributed by atoms with Crippen LogP contribution in [-0.2, 0) is 9.84 Å². The first kappa shape index (κ1) is 19.9. The third-order valence-corrected chi connectivity index (χ3v) is 7.78. The van der Waals surface area contributed by atoms with Crippen LogP contribution in [0.4, 0.5) is 5.82 Å². The van der Waals surface area contributed by atoms with Gasteiger partial charge in [0.1, 0.15) is 5.82 Å². The summed E-state index contributed by atoms with van der Waals surface area (Å²) >= 11 is 7.41. The topological polar surface area (TPSA) is 89.2 Å². The molecule has 0 radical (unpaired) electrons. The van der Waals surface area contributed by atoms with Gasteiger partial charge in [0.05, 0.1) is 15.1 Å². The molecular formula is C21H16ClN5O2S2. The first-order valence-corrected chi connectivity index (χ1v) is 12.1. The van der Waals surface area contributed by atoms with Gasteiger partial charge in [-0.3, -0.25) is 0 Å². The lowest BCUT2D eigenvalue weighted by atomic mass is 10.1. The van der Waals surface area contributed by atoms with E-state index in [1.165, 1.54) is 40.1 Å². The molecule has 10 heteroatoms. The van der Waals surface area contributed by atoms with Gasteiger partial charge in [-0.1, -0.05) is 47.1 Å². The first-order valence-electron chi connectivity index (χ1n) is 9.40. The summed E-state index contributed by atoms with van der Waals surface area (Å²) < 4.78 is 28.8. The molecule has 1 atom stereocenters. The molecule has 5 rings (SSSR count). The highest BCUT2D eigenvalue weighted by atomic mass is 35.5. The lowest BCUT2D eigenvalue weighted by molar-refractivity contribution is 0.592. The van der Waals surface area contributed by atoms with E-state index in [9.17, 15) is 8.42 Å². The molecule has 0 aliphatic rings. The van der Waals surface area contributed by atoms with Gasteiger partial charge in [-0.05, 0) is 48.2 Å². The van der Waals surface area contributed by atoms with Gasteiger partial charge in [0.15, 0.2) is 5.65 Å². The maximum Gasteiger partial charge on any atom is 0.229 e. The van der Waals surface area contributed by atoms with Crippen molar-refractivity contribution in [3.05, 3.63) is 76.6 Å². The van der Waals surface area contributed by atoms with Crippen LogP contribution in [0.25, 0.3) is 15.9 Å². The van der Waals surface area contributed by atoms with Gasteiger partial charge >= 0.3 is 0 Å². The Morgan fingerprint density at radius 3 is 2.55 bits per heavy atom. The molecule has 0 amide bonds. The number of nitrogens with zero attached hydrogens (tertiary/aromatic N) is 4. The normalized spacial score (nSPS) is 13.0. The van der Waals surface area contributed by atoms with Crippen molar-refractivity contribution in [3.8, 4) is 0 Å². The van der Waals surface area contributed by atoms with Crippen LogP contribution < -0.4 is 5.32 Å². The number of halogens is 1. The monoisotopic (exact) mass is 469 g/mol. The van der Waals surface area contributed by atoms with Crippen LogP contribution in [0.1, 0.15) is 18.5 Å². The quantitative estimate of drug-likeness (QED) is 0.389. The lowest BCUT2D eigenvalue weighted by Gasteiger charge is -2.15. The number of benzene rings is 2. The number of hydrogen-bond donors (Lipinski definition) is 1. The number of rotatable bonds is 5. The molecule has 31 heavy (non-hydrogen) atoms. The second-order valence-electron chi connectivity index (χ2n) is 6.96. The molecular weight excluding hydrogens is 454 g/mol. The van der Waals surface area contributed by atoms with E-state index in [4.69, 9.17) is 11.6 Å². The fourth-order valence-electron chi connectivity index (χ4n) is 3.35. The number of hydrogen-bond acceptors (Lipinski definition) is 7. The van der Waals surface area contributed by atoms with Crippen LogP contribution in [0.15, 0.2) is 76.0 Å². The molecule has 0 aliphatic heterocycles. The van der Waals surface area contributed by atoms with E-state index >= 15 is 0 Å². The summed E-state index contributed by atoms with van der Waals surface area (Å²) in [6.07, 6.45) is 0. The van der Waals surface area contributed by atoms with E-state index in [-0.39, 0.29) is 21.6 Å². The van der Waals surface area contributed by atoms with Crippen molar-refractivity contribution in [1.82, 2.24) is 19.8 Å². The molecule has 0 unspecified atom stereocenters. The highest BCUT2D eigenvalue weighted by molar-refractivity contribution is 7.91. The van der Waals surface area contributed by atoms with Crippen LogP contribution in [0.3, 0.4) is 0 Å². The van der Waals surface area contributed by atoms with Gasteiger partial charge in [-0.2, -0.15) is 4.52 Å². The summed E-state index contributed by atoms with van der Waals surface area (Å²) in [6.45, 7) is 2.03. The zero-order valence-electron chi connectivity index (χ0n) is 16.2. The van der Waals surface area contributed by atoms with Crippen molar-refractivity contribution in [1.29, 1.82) is 0 Å². The van der Waals surface area contributed by atoms with Crippen LogP contribution in [0.5, 0.6) is 0 Å². The number of aromatic nitrogens is 4. The van der Waals surface area contributed by atoms with Crippen LogP contribution in [-0.4, -0.2) is 28.2 Å². The predicted octanol–water partition coefficient (Wildman–Crippen LogP) is 5.00. The van der Waals surface area contributed by atoms with Gasteiger partial charge in [-0.25, -0.2) is 13.4 Å². The molecule has 5 aromatic rings. The van der Waals surface area contributed by atoms with Crippen molar-refractivity contribution in [2.45, 2.75) is 22.9 Å². The van der Waals surface area contributed by atoms with Gasteiger partial charge in [-0.15, -0.1) is 16.4 Å². The van der Waals surface area contributed by atoms with Crippen LogP contribution in [0.2, 0.25) is 5.02 Å². The fourth-order valence-corrected chi connectivity index (χ4v) is 5.54. The largest absolute Gasteiger partial charge is 0.362 e. The average Bonchev–Trinajstić information content (AvgIpc) is 3.42. The minimum absolute atomic E-state index is 0.0337. The van der Waals surface area contributed by atoms with E-state index in [1.54, 1.807) is 0 Å². The lowest BCUT2D eigenvalue weighted by Crippen LogP contribution is -2.10. The summed E-state index contributed by atoms with van der Waals surface area (Å²) in [7, 11) is -3.93. The minimum Gasteiger partial charge on any atom is -0.362 e. The van der Waals surface area contributed by atoms with Crippen molar-refractivity contribution < 1.29 is 8.42 Å². The Bertz CT molecular complexity index is 1500. The Balaban J connectivity index is 1.66. The van der Waals surface area contributed by atoms with Crippen molar-refractivity contribution in [2.75, 3.05) is 5.32 Å². The second kappa shape index (κ2) is 7.60. The first-order chi connectivity index (χ1) is 14.9. The average molecular weight is 470 g/mol. The summed E-state index contributed by atoms with van der Waals surface area (Å²) in [5, 5.41) is 13.6. The highest BCUT2D eigenvalue weighted by Gasteiger charge is 2.27. The number of anilines is 1. The molecule has 156 valence electrons. The number of nitrogens with one attached hydrogen (secondary N) is 1. The Morgan fingerprint density at radius 2 is 1.81 bits per heavy atom. The molecule has 0 bridgehead atoms. The second-order valence-corrected chi connectivity index (χ2v) is 10.2. The summed E-state index contributed by atoms with van der Waals surface area (Å²) in [5.74, 6) is 0.587. The van der Waals surface area contributed by atoms with Gasteiger partial charge in [0.2, 0.25) is 14.9 Å². The summed E-state index contributed by atoms with van der Waals surface area (Å²) in [4.78, 5) is 4.72. The molecule has 0 fully saturated rings. The number of fused-ring (bicyclic) bond motifs is 3. The molecule has 1 N–H and O–H groups in total. The zero-order chi connectivity index (χ0) is 21.6. The third-order valence-electron chi connectivity index (χ3n) is 4.95. The SMILES string of the molecule is C[C@@H](Nc1nc2c(S(=O)(=O)c3ccc(Cl)cc3)nnn2c2ccsc12)c1ccccc1. The van der Waals surface area contributed by atoms with E-state index in [0.717, 1.165) is 15.8 Å². The maximum atomic E-state index is 13.2. The molecule has 3 heterocycles. The smallest absolute Gasteiger partial charge is 0.229 e. The van der Waals surface area contributed by atoms with E-state index in [2.05, 4.69) is 20.6 Å². The minimum atomic E-state index is -3.93. The van der Waals surface area contributed by atoms with Crippen molar-refractivity contribution >= 4 is 54.5 Å². The van der Waals surface area contributed by atoms with Crippen LogP contribution >= 0.6 is 22.9 Å². The maximum absolute atomic E-state index is 13.2. The van der Waals surface area contributed by atoms with E-state index in [0.29, 0.717) is 10.8 Å². The standard InChI is InChI=1S/C21H16ClN5O2S2/c1-13(14-5-3-2-4-6-14)23-19-18-17(11-12-30-18)27-20(24-19)21(25-26-27)31(28,29)16-9-7-15(22)8-10-16/h2-13H,1H3,(H,23,24)/t13-/m1/s1. The Kier molecular flexibility index (Phi) is 4.88. The van der Waals surface area contributed by atoms with Gasteiger partial charge < -0.3 is 5.32 Å². The highest BCUT2D eigenvalue weighted by Crippen LogP contribution is 2.33. The Hall–Kier alpha value is -3.01. The van der Waals surface area contributed by atoms with Gasteiger partial charge in [0, 0.05) is 11.1 Å². The Labute approximate surface area is 187 Å². The molecule has 0 aliphatic carbocycles. The van der Waals surface area contributed by atoms with Crippen molar-refractivity contribution in [3.63, 3.8) is 0 Å².